The van der Waals surface area contributed by atoms with Crippen LogP contribution in [0, 0.1) is 0 Å². The van der Waals surface area contributed by atoms with E-state index in [0.717, 1.165) is 98.7 Å². The van der Waals surface area contributed by atoms with Crippen molar-refractivity contribution >= 4 is 34.5 Å². The molecule has 0 radical (unpaired) electrons. The lowest BCUT2D eigenvalue weighted by molar-refractivity contribution is -0.135. The molecule has 6 rings (SSSR count). The van der Waals surface area contributed by atoms with Crippen LogP contribution in [0.2, 0.25) is 0 Å². The molecule has 320 valence electrons. The summed E-state index contributed by atoms with van der Waals surface area (Å²) in [5.74, 6) is 1.39. The van der Waals surface area contributed by atoms with Crippen LogP contribution in [0.5, 0.6) is 0 Å². The summed E-state index contributed by atoms with van der Waals surface area (Å²) in [7, 11) is 0. The highest BCUT2D eigenvalue weighted by Gasteiger charge is 2.25. The molecular formula is C45H68N12O2. The molecule has 0 bridgehead atoms. The van der Waals surface area contributed by atoms with Crippen molar-refractivity contribution in [1.82, 2.24) is 45.4 Å². The number of carbonyl (C=O) groups excluding carboxylic acids is 2. The first-order chi connectivity index (χ1) is 28.9. The number of piperidine rings is 1. The van der Waals surface area contributed by atoms with Crippen LogP contribution in [-0.2, 0) is 29.2 Å². The molecule has 2 aromatic carbocycles. The van der Waals surface area contributed by atoms with Crippen LogP contribution in [0.3, 0.4) is 0 Å². The van der Waals surface area contributed by atoms with Crippen molar-refractivity contribution in [2.45, 2.75) is 135 Å². The van der Waals surface area contributed by atoms with E-state index in [1.807, 2.05) is 75.3 Å². The number of nitrogens with zero attached hydrogens (tertiary/aromatic N) is 7. The van der Waals surface area contributed by atoms with E-state index in [4.69, 9.17) is 15.7 Å². The number of carbonyl (C=O) groups is 2. The molecule has 14 heteroatoms. The van der Waals surface area contributed by atoms with E-state index in [9.17, 15) is 9.59 Å². The molecule has 2 amide bonds. The maximum absolute atomic E-state index is 13.3. The molecular weight excluding hydrogens is 741 g/mol. The zero-order chi connectivity index (χ0) is 41.1. The predicted octanol–water partition coefficient (Wildman–Crippen LogP) is 5.85. The summed E-state index contributed by atoms with van der Waals surface area (Å²) in [5.41, 5.74) is 9.18. The number of likely N-dealkylation sites (tertiary alicyclic amines) is 1. The minimum Gasteiger partial charge on any atom is -0.367 e. The molecule has 14 nitrogen and oxygen atoms in total. The van der Waals surface area contributed by atoms with Crippen LogP contribution in [-0.4, -0.2) is 104 Å². The van der Waals surface area contributed by atoms with Gasteiger partial charge in [0.05, 0.1) is 24.3 Å². The third-order valence-corrected chi connectivity index (χ3v) is 11.6. The second-order valence-electron chi connectivity index (χ2n) is 16.4. The fourth-order valence-corrected chi connectivity index (χ4v) is 8.16. The Balaban J connectivity index is 0.897. The first kappa shape index (κ1) is 43.9. The topological polar surface area (TPSA) is 171 Å². The maximum Gasteiger partial charge on any atom is 0.239 e. The van der Waals surface area contributed by atoms with Gasteiger partial charge >= 0.3 is 0 Å². The van der Waals surface area contributed by atoms with Gasteiger partial charge in [-0.2, -0.15) is 4.98 Å². The van der Waals surface area contributed by atoms with Gasteiger partial charge < -0.3 is 36.8 Å². The number of unbranched alkanes of at least 4 members (excludes halogenated alkanes) is 1. The third kappa shape index (κ3) is 14.2. The molecule has 4 aromatic rings. The molecule has 6 N–H and O–H groups in total. The summed E-state index contributed by atoms with van der Waals surface area (Å²) in [6, 6.07) is 18.3. The molecule has 1 saturated heterocycles. The summed E-state index contributed by atoms with van der Waals surface area (Å²) in [5, 5.41) is 24.0. The number of amides is 2. The summed E-state index contributed by atoms with van der Waals surface area (Å²) in [6.07, 6.45) is 16.0. The Morgan fingerprint density at radius 3 is 2.47 bits per heavy atom. The molecule has 1 aliphatic heterocycles. The van der Waals surface area contributed by atoms with Crippen LogP contribution in [0.4, 0.5) is 11.8 Å². The molecule has 59 heavy (non-hydrogen) atoms. The minimum absolute atomic E-state index is 0.0393. The number of nitrogens with one attached hydrogen (secondary N) is 4. The normalized spacial score (nSPS) is 15.7. The Morgan fingerprint density at radius 1 is 0.881 bits per heavy atom. The van der Waals surface area contributed by atoms with Crippen LogP contribution in [0.1, 0.15) is 108 Å². The Bertz CT molecular complexity index is 1840. The van der Waals surface area contributed by atoms with Crippen LogP contribution >= 0.6 is 0 Å². The SMILES string of the molecule is CCCCN(Cc1ccccc1)C(=O)C(N)CCCC(=O)N1CCC(Nc2nc(NCc3cn(CCCNCCCNC4CCCCC4)nn3)nc3ccccc23)CC1. The molecule has 1 atom stereocenters. The number of hydrogen-bond acceptors (Lipinski definition) is 11. The van der Waals surface area contributed by atoms with Crippen LogP contribution in [0.15, 0.2) is 60.8 Å². The van der Waals surface area contributed by atoms with Crippen molar-refractivity contribution in [2.24, 2.45) is 5.73 Å². The number of benzene rings is 2. The predicted molar refractivity (Wildman–Crippen MR) is 236 cm³/mol. The van der Waals surface area contributed by atoms with Gasteiger partial charge in [-0.1, -0.05) is 80.3 Å². The average molecular weight is 809 g/mol. The van der Waals surface area contributed by atoms with Gasteiger partial charge in [0.2, 0.25) is 17.8 Å². The van der Waals surface area contributed by atoms with Gasteiger partial charge in [-0.15, -0.1) is 5.10 Å². The summed E-state index contributed by atoms with van der Waals surface area (Å²) >= 11 is 0. The standard InChI is InChI=1S/C45H68N12O2/c1-2-3-28-56(33-35-15-6-4-7-16-35)44(59)40(46)20-12-22-42(58)55-30-23-37(24-31-55)50-43-39-19-10-11-21-41(39)51-45(52-43)49-32-38-34-57(54-53-38)29-14-26-47-25-13-27-48-36-17-8-5-9-18-36/h4,6-7,10-11,15-16,19,21,34,36-37,40,47-48H,2-3,5,8-9,12-14,17-18,20,22-33,46H2,1H3,(H2,49,50,51,52). The maximum atomic E-state index is 13.3. The lowest BCUT2D eigenvalue weighted by Crippen LogP contribution is -2.44. The van der Waals surface area contributed by atoms with Crippen molar-refractivity contribution in [3.05, 3.63) is 72.1 Å². The quantitative estimate of drug-likeness (QED) is 0.0538. The first-order valence-corrected chi connectivity index (χ1v) is 22.4. The molecule has 1 saturated carbocycles. The Labute approximate surface area is 350 Å². The first-order valence-electron chi connectivity index (χ1n) is 22.4. The second kappa shape index (κ2) is 23.8. The fourth-order valence-electron chi connectivity index (χ4n) is 8.16. The smallest absolute Gasteiger partial charge is 0.239 e. The van der Waals surface area contributed by atoms with Gasteiger partial charge in [-0.25, -0.2) is 4.98 Å². The molecule has 2 aromatic heterocycles. The Morgan fingerprint density at radius 2 is 1.66 bits per heavy atom. The van der Waals surface area contributed by atoms with Crippen molar-refractivity contribution in [3.8, 4) is 0 Å². The lowest BCUT2D eigenvalue weighted by atomic mass is 9.95. The lowest BCUT2D eigenvalue weighted by Gasteiger charge is -2.33. The largest absolute Gasteiger partial charge is 0.367 e. The van der Waals surface area contributed by atoms with Gasteiger partial charge in [0.1, 0.15) is 11.5 Å². The number of hydrogen-bond donors (Lipinski definition) is 5. The van der Waals surface area contributed by atoms with Gasteiger partial charge in [-0.3, -0.25) is 14.3 Å². The monoisotopic (exact) mass is 809 g/mol. The van der Waals surface area contributed by atoms with Crippen molar-refractivity contribution < 1.29 is 9.59 Å². The van der Waals surface area contributed by atoms with Crippen LogP contribution < -0.4 is 27.0 Å². The molecule has 3 heterocycles. The van der Waals surface area contributed by atoms with E-state index >= 15 is 0 Å². The van der Waals surface area contributed by atoms with Gasteiger partial charge in [0, 0.05) is 56.6 Å². The number of para-hydroxylation sites is 1. The molecule has 2 fully saturated rings. The highest BCUT2D eigenvalue weighted by Crippen LogP contribution is 2.25. The van der Waals surface area contributed by atoms with E-state index in [2.05, 4.69) is 38.5 Å². The van der Waals surface area contributed by atoms with E-state index in [1.54, 1.807) is 0 Å². The number of aromatic nitrogens is 5. The summed E-state index contributed by atoms with van der Waals surface area (Å²) in [4.78, 5) is 40.0. The van der Waals surface area contributed by atoms with E-state index in [1.165, 1.54) is 32.1 Å². The minimum atomic E-state index is -0.611. The summed E-state index contributed by atoms with van der Waals surface area (Å²) in [6.45, 7) is 9.06. The third-order valence-electron chi connectivity index (χ3n) is 11.6. The van der Waals surface area contributed by atoms with Gasteiger partial charge in [0.15, 0.2) is 0 Å². The Hall–Kier alpha value is -4.66. The zero-order valence-electron chi connectivity index (χ0n) is 35.3. The number of rotatable bonds is 24. The van der Waals surface area contributed by atoms with Crippen molar-refractivity contribution in [2.75, 3.05) is 49.9 Å². The highest BCUT2D eigenvalue weighted by molar-refractivity contribution is 5.90. The fraction of sp³-hybridized carbons (Fsp3) is 0.600. The molecule has 0 spiro atoms. The number of nitrogens with two attached hydrogens (primary N) is 1. The zero-order valence-corrected chi connectivity index (χ0v) is 35.3. The van der Waals surface area contributed by atoms with Crippen molar-refractivity contribution in [1.29, 1.82) is 0 Å². The number of aryl methyl sites for hydroxylation is 1. The van der Waals surface area contributed by atoms with E-state index in [-0.39, 0.29) is 17.9 Å². The molecule has 1 unspecified atom stereocenters. The highest BCUT2D eigenvalue weighted by atomic mass is 16.2. The van der Waals surface area contributed by atoms with E-state index in [0.29, 0.717) is 57.9 Å². The second-order valence-corrected chi connectivity index (χ2v) is 16.4. The average Bonchev–Trinajstić information content (AvgIpc) is 3.73. The Kier molecular flexibility index (Phi) is 17.7. The van der Waals surface area contributed by atoms with Crippen LogP contribution in [0.25, 0.3) is 10.9 Å². The summed E-state index contributed by atoms with van der Waals surface area (Å²) < 4.78 is 1.90. The van der Waals surface area contributed by atoms with Gasteiger partial charge in [-0.05, 0) is 95.1 Å². The molecule has 1 aliphatic carbocycles. The van der Waals surface area contributed by atoms with E-state index < -0.39 is 6.04 Å². The molecule has 2 aliphatic rings. The van der Waals surface area contributed by atoms with Gasteiger partial charge in [0.25, 0.3) is 0 Å². The van der Waals surface area contributed by atoms with Crippen molar-refractivity contribution in [3.63, 3.8) is 0 Å². The number of fused-ring (bicyclic) bond motifs is 1. The number of anilines is 2.